The van der Waals surface area contributed by atoms with Gasteiger partial charge in [-0.2, -0.15) is 0 Å². The molecule has 0 saturated carbocycles. The highest BCUT2D eigenvalue weighted by Crippen LogP contribution is 2.27. The fraction of sp³-hybridized carbons (Fsp3) is 0.250. The number of halogens is 2. The van der Waals surface area contributed by atoms with Crippen molar-refractivity contribution in [2.24, 2.45) is 0 Å². The van der Waals surface area contributed by atoms with E-state index in [0.717, 1.165) is 4.31 Å². The Hall–Kier alpha value is -1.87. The van der Waals surface area contributed by atoms with E-state index in [-0.39, 0.29) is 28.0 Å². The van der Waals surface area contributed by atoms with Crippen molar-refractivity contribution in [1.29, 1.82) is 0 Å². The van der Waals surface area contributed by atoms with Crippen LogP contribution in [0.3, 0.4) is 0 Å². The number of hydrogen-bond donors (Lipinski definition) is 0. The number of carbonyl (C=O) groups excluding carboxylic acids is 1. The van der Waals surface area contributed by atoms with Crippen LogP contribution in [-0.4, -0.2) is 44.9 Å². The SMILES string of the molecule is COc1ccc(C(=O)OCc2nc(Cl)ccc2Cl)cc1S(=O)(=O)N(C)C. The van der Waals surface area contributed by atoms with Gasteiger partial charge in [-0.05, 0) is 30.3 Å². The lowest BCUT2D eigenvalue weighted by Gasteiger charge is -2.15. The maximum atomic E-state index is 12.4. The first kappa shape index (κ1) is 20.4. The van der Waals surface area contributed by atoms with E-state index >= 15 is 0 Å². The molecule has 1 aromatic carbocycles. The Morgan fingerprint density at radius 3 is 2.50 bits per heavy atom. The summed E-state index contributed by atoms with van der Waals surface area (Å²) in [6, 6.07) is 7.04. The van der Waals surface area contributed by atoms with Gasteiger partial charge in [0.1, 0.15) is 22.4 Å². The quantitative estimate of drug-likeness (QED) is 0.529. The molecule has 140 valence electrons. The van der Waals surface area contributed by atoms with Crippen LogP contribution in [-0.2, 0) is 21.4 Å². The molecular weight excluding hydrogens is 403 g/mol. The minimum Gasteiger partial charge on any atom is -0.495 e. The molecule has 0 fully saturated rings. The Balaban J connectivity index is 2.28. The minimum atomic E-state index is -3.81. The van der Waals surface area contributed by atoms with Gasteiger partial charge in [0.25, 0.3) is 0 Å². The molecule has 0 radical (unpaired) electrons. The third-order valence-corrected chi connectivity index (χ3v) is 5.77. The molecule has 2 aromatic rings. The van der Waals surface area contributed by atoms with E-state index in [1.54, 1.807) is 0 Å². The van der Waals surface area contributed by atoms with Crippen LogP contribution in [0.15, 0.2) is 35.2 Å². The highest BCUT2D eigenvalue weighted by molar-refractivity contribution is 7.89. The van der Waals surface area contributed by atoms with Crippen molar-refractivity contribution in [2.45, 2.75) is 11.5 Å². The van der Waals surface area contributed by atoms with E-state index in [4.69, 9.17) is 32.7 Å². The number of ether oxygens (including phenoxy) is 2. The molecule has 0 N–H and O–H groups in total. The molecule has 0 aliphatic carbocycles. The fourth-order valence-electron chi connectivity index (χ4n) is 1.98. The van der Waals surface area contributed by atoms with Crippen LogP contribution in [0, 0.1) is 0 Å². The van der Waals surface area contributed by atoms with Crippen molar-refractivity contribution < 1.29 is 22.7 Å². The van der Waals surface area contributed by atoms with Gasteiger partial charge in [-0.15, -0.1) is 0 Å². The third-order valence-electron chi connectivity index (χ3n) is 3.38. The van der Waals surface area contributed by atoms with Gasteiger partial charge in [0.05, 0.1) is 23.4 Å². The van der Waals surface area contributed by atoms with Crippen molar-refractivity contribution in [3.63, 3.8) is 0 Å². The number of esters is 1. The molecule has 0 spiro atoms. The van der Waals surface area contributed by atoms with Gasteiger partial charge in [-0.3, -0.25) is 0 Å². The summed E-state index contributed by atoms with van der Waals surface area (Å²) >= 11 is 11.8. The Morgan fingerprint density at radius 2 is 1.88 bits per heavy atom. The van der Waals surface area contributed by atoms with Crippen LogP contribution < -0.4 is 4.74 Å². The largest absolute Gasteiger partial charge is 0.495 e. The monoisotopic (exact) mass is 418 g/mol. The first-order chi connectivity index (χ1) is 12.2. The van der Waals surface area contributed by atoms with E-state index in [1.807, 2.05) is 0 Å². The maximum absolute atomic E-state index is 12.4. The van der Waals surface area contributed by atoms with Gasteiger partial charge < -0.3 is 9.47 Å². The van der Waals surface area contributed by atoms with Crippen molar-refractivity contribution in [3.8, 4) is 5.75 Å². The fourth-order valence-corrected chi connectivity index (χ4v) is 3.38. The van der Waals surface area contributed by atoms with Crippen LogP contribution in [0.1, 0.15) is 16.1 Å². The number of carbonyl (C=O) groups is 1. The van der Waals surface area contributed by atoms with Crippen molar-refractivity contribution >= 4 is 39.2 Å². The number of rotatable bonds is 6. The molecule has 2 rings (SSSR count). The lowest BCUT2D eigenvalue weighted by molar-refractivity contribution is 0.0467. The molecule has 0 aliphatic heterocycles. The Kier molecular flexibility index (Phi) is 6.46. The summed E-state index contributed by atoms with van der Waals surface area (Å²) in [5.74, 6) is -0.615. The van der Waals surface area contributed by atoms with Gasteiger partial charge in [-0.1, -0.05) is 23.2 Å². The predicted octanol–water partition coefficient (Wildman–Crippen LogP) is 3.00. The molecule has 10 heteroatoms. The zero-order valence-electron chi connectivity index (χ0n) is 14.2. The molecule has 7 nitrogen and oxygen atoms in total. The molecule has 0 amide bonds. The van der Waals surface area contributed by atoms with Crippen LogP contribution >= 0.6 is 23.2 Å². The van der Waals surface area contributed by atoms with E-state index in [2.05, 4.69) is 4.98 Å². The molecule has 0 atom stereocenters. The number of hydrogen-bond acceptors (Lipinski definition) is 6. The number of pyridine rings is 1. The van der Waals surface area contributed by atoms with Crippen LogP contribution in [0.5, 0.6) is 5.75 Å². The van der Waals surface area contributed by atoms with Gasteiger partial charge in [0.2, 0.25) is 10.0 Å². The first-order valence-electron chi connectivity index (χ1n) is 7.25. The molecule has 0 bridgehead atoms. The number of methoxy groups -OCH3 is 1. The third kappa shape index (κ3) is 4.45. The molecule has 0 aliphatic rings. The van der Waals surface area contributed by atoms with Gasteiger partial charge in [0, 0.05) is 14.1 Å². The predicted molar refractivity (Wildman–Crippen MR) is 97.2 cm³/mol. The van der Waals surface area contributed by atoms with Crippen molar-refractivity contribution in [3.05, 3.63) is 51.8 Å². The Morgan fingerprint density at radius 1 is 1.19 bits per heavy atom. The second-order valence-electron chi connectivity index (χ2n) is 5.29. The maximum Gasteiger partial charge on any atom is 0.338 e. The molecule has 1 heterocycles. The van der Waals surface area contributed by atoms with Crippen LogP contribution in [0.2, 0.25) is 10.2 Å². The highest BCUT2D eigenvalue weighted by Gasteiger charge is 2.24. The van der Waals surface area contributed by atoms with Gasteiger partial charge >= 0.3 is 5.97 Å². The Bertz CT molecular complexity index is 932. The lowest BCUT2D eigenvalue weighted by atomic mass is 10.2. The van der Waals surface area contributed by atoms with Gasteiger partial charge in [-0.25, -0.2) is 22.5 Å². The normalized spacial score (nSPS) is 11.5. The summed E-state index contributed by atoms with van der Waals surface area (Å²) < 4.78 is 36.1. The first-order valence-corrected chi connectivity index (χ1v) is 9.45. The summed E-state index contributed by atoms with van der Waals surface area (Å²) in [5.41, 5.74) is 0.339. The van der Waals surface area contributed by atoms with Crippen molar-refractivity contribution in [2.75, 3.05) is 21.2 Å². The number of nitrogens with zero attached hydrogens (tertiary/aromatic N) is 2. The molecule has 26 heavy (non-hydrogen) atoms. The van der Waals surface area contributed by atoms with E-state index in [9.17, 15) is 13.2 Å². The highest BCUT2D eigenvalue weighted by atomic mass is 35.5. The minimum absolute atomic E-state index is 0.0457. The number of aromatic nitrogens is 1. The summed E-state index contributed by atoms with van der Waals surface area (Å²) in [4.78, 5) is 16.1. The van der Waals surface area contributed by atoms with Crippen LogP contribution in [0.4, 0.5) is 0 Å². The molecule has 0 unspecified atom stereocenters. The lowest BCUT2D eigenvalue weighted by Crippen LogP contribution is -2.23. The molecular formula is C16H16Cl2N2O5S. The summed E-state index contributed by atoms with van der Waals surface area (Å²) in [6.07, 6.45) is 0. The van der Waals surface area contributed by atoms with Gasteiger partial charge in [0.15, 0.2) is 0 Å². The van der Waals surface area contributed by atoms with E-state index < -0.39 is 16.0 Å². The number of sulfonamides is 1. The zero-order valence-corrected chi connectivity index (χ0v) is 16.5. The van der Waals surface area contributed by atoms with Crippen LogP contribution in [0.25, 0.3) is 0 Å². The van der Waals surface area contributed by atoms with Crippen molar-refractivity contribution in [1.82, 2.24) is 9.29 Å². The smallest absolute Gasteiger partial charge is 0.338 e. The Labute approximate surface area is 161 Å². The summed E-state index contributed by atoms with van der Waals surface area (Å²) in [5, 5.41) is 0.511. The average molecular weight is 419 g/mol. The topological polar surface area (TPSA) is 85.8 Å². The summed E-state index contributed by atoms with van der Waals surface area (Å²) in [7, 11) is 0.300. The summed E-state index contributed by atoms with van der Waals surface area (Å²) in [6.45, 7) is -0.208. The molecule has 1 aromatic heterocycles. The molecule has 0 saturated heterocycles. The van der Waals surface area contributed by atoms with E-state index in [0.29, 0.717) is 10.7 Å². The second-order valence-corrected chi connectivity index (χ2v) is 8.21. The second kappa shape index (κ2) is 8.22. The standard InChI is InChI=1S/C16H16Cl2N2O5S/c1-20(2)26(22,23)14-8-10(4-6-13(14)24-3)16(21)25-9-12-11(17)5-7-15(18)19-12/h4-8H,9H2,1-3H3. The average Bonchev–Trinajstić information content (AvgIpc) is 2.61. The zero-order chi connectivity index (χ0) is 19.5. The van der Waals surface area contributed by atoms with E-state index in [1.165, 1.54) is 51.5 Å². The number of benzene rings is 1.